The van der Waals surface area contributed by atoms with Crippen molar-refractivity contribution in [2.75, 3.05) is 7.05 Å². The smallest absolute Gasteiger partial charge is 0.246 e. The summed E-state index contributed by atoms with van der Waals surface area (Å²) in [5.74, 6) is -2.37. The normalized spacial score (nSPS) is 18.8. The Labute approximate surface area is 120 Å². The minimum absolute atomic E-state index is 0.104. The zero-order valence-corrected chi connectivity index (χ0v) is 11.3. The van der Waals surface area contributed by atoms with E-state index in [1.165, 1.54) is 7.05 Å². The number of amides is 2. The van der Waals surface area contributed by atoms with Gasteiger partial charge >= 0.3 is 0 Å². The van der Waals surface area contributed by atoms with Crippen LogP contribution in [0.25, 0.3) is 0 Å². The molecule has 7 heteroatoms. The highest BCUT2D eigenvalue weighted by Crippen LogP contribution is 2.17. The Balaban J connectivity index is 2.09. The number of hydrogen-bond donors (Lipinski definition) is 1. The molecule has 1 aliphatic heterocycles. The summed E-state index contributed by atoms with van der Waals surface area (Å²) >= 11 is 0. The standard InChI is InChI=1S/C14H13F2N3O2/c1-19-13(20)3-2-12(14(19)21)18-7-9-10(15)4-8(6-17)5-11(9)16/h4-5,12,18H,2-3,7H2,1H3. The van der Waals surface area contributed by atoms with Gasteiger partial charge in [-0.05, 0) is 18.6 Å². The van der Waals surface area contributed by atoms with Crippen molar-refractivity contribution in [2.24, 2.45) is 0 Å². The van der Waals surface area contributed by atoms with Crippen LogP contribution in [-0.4, -0.2) is 29.8 Å². The minimum Gasteiger partial charge on any atom is -0.302 e. The zero-order chi connectivity index (χ0) is 15.6. The summed E-state index contributed by atoms with van der Waals surface area (Å²) in [6.07, 6.45) is 0.500. The van der Waals surface area contributed by atoms with Crippen LogP contribution < -0.4 is 5.32 Å². The van der Waals surface area contributed by atoms with Gasteiger partial charge in [0.1, 0.15) is 11.6 Å². The van der Waals surface area contributed by atoms with Crippen LogP contribution in [0, 0.1) is 23.0 Å². The second kappa shape index (κ2) is 5.97. The molecule has 1 saturated heterocycles. The third-order valence-electron chi connectivity index (χ3n) is 3.45. The van der Waals surface area contributed by atoms with Gasteiger partial charge in [0.2, 0.25) is 11.8 Å². The number of carbonyl (C=O) groups excluding carboxylic acids is 2. The first-order valence-electron chi connectivity index (χ1n) is 6.36. The van der Waals surface area contributed by atoms with Crippen LogP contribution in [0.15, 0.2) is 12.1 Å². The molecule has 1 heterocycles. The molecule has 1 fully saturated rings. The Kier molecular flexibility index (Phi) is 4.29. The molecule has 0 bridgehead atoms. The Bertz CT molecular complexity index is 617. The topological polar surface area (TPSA) is 73.2 Å². The third kappa shape index (κ3) is 3.06. The first-order valence-corrected chi connectivity index (χ1v) is 6.36. The summed E-state index contributed by atoms with van der Waals surface area (Å²) in [6.45, 7) is -0.193. The molecule has 1 N–H and O–H groups in total. The molecule has 1 atom stereocenters. The summed E-state index contributed by atoms with van der Waals surface area (Å²) in [7, 11) is 1.38. The predicted octanol–water partition coefficient (Wildman–Crippen LogP) is 1.07. The number of nitrogens with one attached hydrogen (secondary N) is 1. The van der Waals surface area contributed by atoms with Crippen molar-refractivity contribution in [3.63, 3.8) is 0 Å². The van der Waals surface area contributed by atoms with E-state index in [2.05, 4.69) is 5.32 Å². The van der Waals surface area contributed by atoms with E-state index in [0.29, 0.717) is 6.42 Å². The summed E-state index contributed by atoms with van der Waals surface area (Å²) in [4.78, 5) is 24.2. The highest BCUT2D eigenvalue weighted by Gasteiger charge is 2.31. The summed E-state index contributed by atoms with van der Waals surface area (Å²) in [5.41, 5.74) is -0.339. The van der Waals surface area contributed by atoms with Crippen molar-refractivity contribution < 1.29 is 18.4 Å². The molecule has 0 radical (unpaired) electrons. The maximum Gasteiger partial charge on any atom is 0.246 e. The molecule has 1 aromatic rings. The largest absolute Gasteiger partial charge is 0.302 e. The van der Waals surface area contributed by atoms with E-state index in [4.69, 9.17) is 5.26 Å². The molecule has 1 unspecified atom stereocenters. The Morgan fingerprint density at radius 2 is 2.00 bits per heavy atom. The fourth-order valence-corrected chi connectivity index (χ4v) is 2.17. The molecule has 2 amide bonds. The highest BCUT2D eigenvalue weighted by atomic mass is 19.1. The summed E-state index contributed by atoms with van der Waals surface area (Å²) < 4.78 is 27.4. The second-order valence-electron chi connectivity index (χ2n) is 4.79. The van der Waals surface area contributed by atoms with Crippen molar-refractivity contribution in [1.29, 1.82) is 5.26 Å². The number of hydrogen-bond acceptors (Lipinski definition) is 4. The number of imide groups is 1. The van der Waals surface area contributed by atoms with Gasteiger partial charge in [-0.25, -0.2) is 8.78 Å². The van der Waals surface area contributed by atoms with E-state index >= 15 is 0 Å². The van der Waals surface area contributed by atoms with Crippen LogP contribution in [0.2, 0.25) is 0 Å². The fraction of sp³-hybridized carbons (Fsp3) is 0.357. The Morgan fingerprint density at radius 3 is 2.57 bits per heavy atom. The van der Waals surface area contributed by atoms with Crippen molar-refractivity contribution in [2.45, 2.75) is 25.4 Å². The van der Waals surface area contributed by atoms with Gasteiger partial charge in [0.15, 0.2) is 0 Å². The first-order chi connectivity index (χ1) is 9.93. The van der Waals surface area contributed by atoms with Crippen molar-refractivity contribution in [1.82, 2.24) is 10.2 Å². The molecule has 1 aromatic carbocycles. The number of rotatable bonds is 3. The van der Waals surface area contributed by atoms with Crippen LogP contribution in [0.4, 0.5) is 8.78 Å². The second-order valence-corrected chi connectivity index (χ2v) is 4.79. The molecule has 0 saturated carbocycles. The molecule has 0 spiro atoms. The van der Waals surface area contributed by atoms with E-state index in [0.717, 1.165) is 17.0 Å². The van der Waals surface area contributed by atoms with Gasteiger partial charge < -0.3 is 5.32 Å². The Hall–Kier alpha value is -2.33. The monoisotopic (exact) mass is 293 g/mol. The van der Waals surface area contributed by atoms with E-state index in [-0.39, 0.29) is 30.0 Å². The first kappa shape index (κ1) is 15.1. The van der Waals surface area contributed by atoms with Gasteiger partial charge in [-0.1, -0.05) is 0 Å². The number of piperidine rings is 1. The van der Waals surface area contributed by atoms with Gasteiger partial charge in [-0.3, -0.25) is 14.5 Å². The predicted molar refractivity (Wildman–Crippen MR) is 68.7 cm³/mol. The summed E-state index contributed by atoms with van der Waals surface area (Å²) in [6, 6.07) is 2.90. The number of halogens is 2. The van der Waals surface area contributed by atoms with Crippen LogP contribution in [-0.2, 0) is 16.1 Å². The lowest BCUT2D eigenvalue weighted by molar-refractivity contribution is -0.148. The molecule has 5 nitrogen and oxygen atoms in total. The fourth-order valence-electron chi connectivity index (χ4n) is 2.17. The molecule has 0 aromatic heterocycles. The quantitative estimate of drug-likeness (QED) is 0.846. The molecular formula is C14H13F2N3O2. The van der Waals surface area contributed by atoms with Gasteiger partial charge in [0, 0.05) is 25.6 Å². The number of carbonyl (C=O) groups is 2. The molecular weight excluding hydrogens is 280 g/mol. The maximum absolute atomic E-state index is 13.7. The average molecular weight is 293 g/mol. The van der Waals surface area contributed by atoms with Crippen LogP contribution >= 0.6 is 0 Å². The lowest BCUT2D eigenvalue weighted by Crippen LogP contribution is -2.51. The molecule has 21 heavy (non-hydrogen) atoms. The molecule has 2 rings (SSSR count). The van der Waals surface area contributed by atoms with Gasteiger partial charge in [0.25, 0.3) is 0 Å². The maximum atomic E-state index is 13.7. The van der Waals surface area contributed by atoms with Crippen LogP contribution in [0.3, 0.4) is 0 Å². The van der Waals surface area contributed by atoms with Crippen LogP contribution in [0.5, 0.6) is 0 Å². The number of likely N-dealkylation sites (N-methyl/N-ethyl adjacent to an activating group) is 1. The molecule has 0 aliphatic carbocycles. The number of likely N-dealkylation sites (tertiary alicyclic amines) is 1. The van der Waals surface area contributed by atoms with E-state index < -0.39 is 23.6 Å². The zero-order valence-electron chi connectivity index (χ0n) is 11.3. The van der Waals surface area contributed by atoms with Gasteiger partial charge in [-0.15, -0.1) is 0 Å². The lowest BCUT2D eigenvalue weighted by atomic mass is 10.0. The van der Waals surface area contributed by atoms with Crippen LogP contribution in [0.1, 0.15) is 24.0 Å². The number of benzene rings is 1. The SMILES string of the molecule is CN1C(=O)CCC(NCc2c(F)cc(C#N)cc2F)C1=O. The van der Waals surface area contributed by atoms with Crippen molar-refractivity contribution >= 4 is 11.8 Å². The summed E-state index contributed by atoms with van der Waals surface area (Å²) in [5, 5.41) is 11.4. The number of nitriles is 1. The average Bonchev–Trinajstić information content (AvgIpc) is 2.45. The molecule has 1 aliphatic rings. The third-order valence-corrected chi connectivity index (χ3v) is 3.45. The highest BCUT2D eigenvalue weighted by molar-refractivity contribution is 6.00. The van der Waals surface area contributed by atoms with Gasteiger partial charge in [-0.2, -0.15) is 5.26 Å². The van der Waals surface area contributed by atoms with Crippen molar-refractivity contribution in [3.8, 4) is 6.07 Å². The Morgan fingerprint density at radius 1 is 1.38 bits per heavy atom. The van der Waals surface area contributed by atoms with E-state index in [1.807, 2.05) is 0 Å². The van der Waals surface area contributed by atoms with E-state index in [1.54, 1.807) is 6.07 Å². The number of nitrogens with zero attached hydrogens (tertiary/aromatic N) is 2. The lowest BCUT2D eigenvalue weighted by Gasteiger charge is -2.28. The molecule has 110 valence electrons. The van der Waals surface area contributed by atoms with E-state index in [9.17, 15) is 18.4 Å². The van der Waals surface area contributed by atoms with Crippen molar-refractivity contribution in [3.05, 3.63) is 34.9 Å². The van der Waals surface area contributed by atoms with Gasteiger partial charge in [0.05, 0.1) is 17.7 Å². The minimum atomic E-state index is -0.841.